The number of hydrogen-bond acceptors (Lipinski definition) is 7. The molecule has 3 rings (SSSR count). The second kappa shape index (κ2) is 15.8. The highest BCUT2D eigenvalue weighted by atomic mass is 16.5. The fourth-order valence-corrected chi connectivity index (χ4v) is 4.48. The summed E-state index contributed by atoms with van der Waals surface area (Å²) in [6.07, 6.45) is 3.47. The van der Waals surface area contributed by atoms with E-state index in [-0.39, 0.29) is 18.7 Å². The number of hydrogen-bond donors (Lipinski definition) is 4. The normalized spacial score (nSPS) is 13.2. The van der Waals surface area contributed by atoms with Gasteiger partial charge in [0.15, 0.2) is 0 Å². The van der Waals surface area contributed by atoms with Crippen LogP contribution in [0.1, 0.15) is 63.3 Å². The van der Waals surface area contributed by atoms with Gasteiger partial charge in [0.25, 0.3) is 11.8 Å². The maximum atomic E-state index is 13.4. The van der Waals surface area contributed by atoms with Crippen LogP contribution in [0.4, 0.5) is 0 Å². The van der Waals surface area contributed by atoms with Crippen molar-refractivity contribution in [1.82, 2.24) is 30.8 Å². The number of aromatic nitrogens is 2. The Morgan fingerprint density at radius 1 is 0.891 bits per heavy atom. The van der Waals surface area contributed by atoms with Gasteiger partial charge in [-0.25, -0.2) is 4.98 Å². The quantitative estimate of drug-likeness (QED) is 0.199. The molecule has 0 saturated carbocycles. The van der Waals surface area contributed by atoms with Crippen molar-refractivity contribution in [2.75, 3.05) is 0 Å². The third-order valence-corrected chi connectivity index (χ3v) is 7.31. The van der Waals surface area contributed by atoms with Crippen molar-refractivity contribution in [3.63, 3.8) is 0 Å². The van der Waals surface area contributed by atoms with Crippen molar-refractivity contribution in [3.05, 3.63) is 83.9 Å². The molecule has 1 heterocycles. The minimum absolute atomic E-state index is 0.166. The molecule has 3 aromatic rings. The van der Waals surface area contributed by atoms with Crippen LogP contribution in [0.15, 0.2) is 67.0 Å². The molecule has 0 saturated heterocycles. The van der Waals surface area contributed by atoms with Crippen molar-refractivity contribution in [2.24, 2.45) is 18.4 Å². The fraction of sp³-hybridized carbons (Fsp3) is 0.412. The van der Waals surface area contributed by atoms with Gasteiger partial charge < -0.3 is 30.6 Å². The summed E-state index contributed by atoms with van der Waals surface area (Å²) >= 11 is 0. The molecule has 4 amide bonds. The first-order valence-electron chi connectivity index (χ1n) is 15.1. The molecule has 0 fully saturated rings. The summed E-state index contributed by atoms with van der Waals surface area (Å²) in [5.41, 5.74) is 0.386. The summed E-state index contributed by atoms with van der Waals surface area (Å²) < 4.78 is 7.63. The van der Waals surface area contributed by atoms with Crippen LogP contribution in [0.5, 0.6) is 5.75 Å². The molecule has 2 aromatic carbocycles. The average Bonchev–Trinajstić information content (AvgIpc) is 3.43. The topological polar surface area (TPSA) is 161 Å². The van der Waals surface area contributed by atoms with Gasteiger partial charge in [0.05, 0.1) is 6.04 Å². The molecule has 12 heteroatoms. The first kappa shape index (κ1) is 35.5. The van der Waals surface area contributed by atoms with E-state index in [2.05, 4.69) is 26.3 Å². The molecule has 0 radical (unpaired) electrons. The maximum Gasteiger partial charge on any atom is 0.289 e. The molecule has 0 bridgehead atoms. The number of nitrogens with one attached hydrogen (secondary N) is 4. The van der Waals surface area contributed by atoms with E-state index in [4.69, 9.17) is 4.74 Å². The molecule has 0 spiro atoms. The molecule has 3 atom stereocenters. The van der Waals surface area contributed by atoms with Crippen LogP contribution in [0.3, 0.4) is 0 Å². The monoisotopic (exact) mass is 632 g/mol. The lowest BCUT2D eigenvalue weighted by atomic mass is 9.85. The van der Waals surface area contributed by atoms with E-state index in [1.165, 1.54) is 6.92 Å². The molecule has 0 aliphatic heterocycles. The third-order valence-electron chi connectivity index (χ3n) is 7.31. The highest BCUT2D eigenvalue weighted by Crippen LogP contribution is 2.21. The predicted molar refractivity (Wildman–Crippen MR) is 172 cm³/mol. The second-order valence-corrected chi connectivity index (χ2v) is 12.5. The number of rotatable bonds is 14. The fourth-order valence-electron chi connectivity index (χ4n) is 4.48. The number of nitrogens with zero attached hydrogens (tertiary/aromatic N) is 2. The Morgan fingerprint density at radius 2 is 1.59 bits per heavy atom. The zero-order valence-corrected chi connectivity index (χ0v) is 27.4. The molecular weight excluding hydrogens is 588 g/mol. The smallest absolute Gasteiger partial charge is 0.289 e. The first-order valence-corrected chi connectivity index (χ1v) is 15.1. The van der Waals surface area contributed by atoms with Crippen LogP contribution in [0.2, 0.25) is 0 Å². The maximum absolute atomic E-state index is 13.4. The Hall–Kier alpha value is -5.00. The molecule has 46 heavy (non-hydrogen) atoms. The van der Waals surface area contributed by atoms with Gasteiger partial charge in [0.1, 0.15) is 30.3 Å². The third kappa shape index (κ3) is 10.0. The minimum atomic E-state index is -1.10. The van der Waals surface area contributed by atoms with E-state index in [0.717, 1.165) is 5.56 Å². The highest BCUT2D eigenvalue weighted by Gasteiger charge is 2.36. The van der Waals surface area contributed by atoms with Crippen LogP contribution in [0, 0.1) is 11.3 Å². The average molecular weight is 633 g/mol. The zero-order chi connectivity index (χ0) is 34.0. The largest absolute Gasteiger partial charge is 0.486 e. The van der Waals surface area contributed by atoms with E-state index < -0.39 is 58.9 Å². The van der Waals surface area contributed by atoms with Gasteiger partial charge in [-0.3, -0.25) is 24.0 Å². The van der Waals surface area contributed by atoms with Gasteiger partial charge in [0, 0.05) is 31.5 Å². The number of imidazole rings is 1. The van der Waals surface area contributed by atoms with E-state index in [0.29, 0.717) is 11.6 Å². The van der Waals surface area contributed by atoms with E-state index in [9.17, 15) is 24.0 Å². The zero-order valence-electron chi connectivity index (χ0n) is 27.4. The lowest BCUT2D eigenvalue weighted by Gasteiger charge is -2.31. The SMILES string of the molecule is CC(C)[C@H](NC(=O)[C@H](C)NC(=O)[C@@H](NC(=O)c1cccc(OCc2nccn2C)c1)C(C)(C)C)C(=O)C(=O)NCc1ccccc1. The highest BCUT2D eigenvalue weighted by molar-refractivity contribution is 6.38. The summed E-state index contributed by atoms with van der Waals surface area (Å²) in [5.74, 6) is -2.56. The van der Waals surface area contributed by atoms with Gasteiger partial charge in [0.2, 0.25) is 17.6 Å². The van der Waals surface area contributed by atoms with Crippen molar-refractivity contribution in [2.45, 2.75) is 72.8 Å². The number of carbonyl (C=O) groups excluding carboxylic acids is 5. The van der Waals surface area contributed by atoms with Crippen molar-refractivity contribution in [1.29, 1.82) is 0 Å². The van der Waals surface area contributed by atoms with E-state index >= 15 is 0 Å². The van der Waals surface area contributed by atoms with Crippen LogP contribution >= 0.6 is 0 Å². The number of carbonyl (C=O) groups is 5. The Bertz CT molecular complexity index is 1530. The summed E-state index contributed by atoms with van der Waals surface area (Å²) in [4.78, 5) is 69.5. The first-order chi connectivity index (χ1) is 21.7. The molecule has 1 aromatic heterocycles. The lowest BCUT2D eigenvalue weighted by Crippen LogP contribution is -2.59. The predicted octanol–water partition coefficient (Wildman–Crippen LogP) is 2.67. The van der Waals surface area contributed by atoms with Gasteiger partial charge in [-0.2, -0.15) is 0 Å². The Kier molecular flexibility index (Phi) is 12.2. The standard InChI is InChI=1S/C34H44N6O6/c1-21(2)27(28(41)32(44)36-19-23-12-9-8-10-13-23)38-30(42)22(3)37-33(45)29(34(4,5)6)39-31(43)24-14-11-15-25(18-24)46-20-26-35-16-17-40(26)7/h8-18,21-22,27,29H,19-20H2,1-7H3,(H,36,44)(H,37,45)(H,38,42)(H,39,43)/t22-,27-,29+/m0/s1. The number of aryl methyl sites for hydroxylation is 1. The molecular formula is C34H44N6O6. The van der Waals surface area contributed by atoms with Crippen LogP contribution in [-0.4, -0.2) is 57.1 Å². The number of amides is 4. The van der Waals surface area contributed by atoms with E-state index in [1.807, 2.05) is 41.9 Å². The van der Waals surface area contributed by atoms with Crippen molar-refractivity contribution < 1.29 is 28.7 Å². The lowest BCUT2D eigenvalue weighted by molar-refractivity contribution is -0.141. The van der Waals surface area contributed by atoms with Crippen molar-refractivity contribution in [3.8, 4) is 5.75 Å². The second-order valence-electron chi connectivity index (χ2n) is 12.5. The van der Waals surface area contributed by atoms with E-state index in [1.54, 1.807) is 71.3 Å². The Balaban J connectivity index is 1.61. The van der Waals surface area contributed by atoms with Crippen LogP contribution in [-0.2, 0) is 39.4 Å². The summed E-state index contributed by atoms with van der Waals surface area (Å²) in [7, 11) is 1.85. The van der Waals surface area contributed by atoms with Crippen molar-refractivity contribution >= 4 is 29.4 Å². The summed E-state index contributed by atoms with van der Waals surface area (Å²) in [5, 5.41) is 10.6. The molecule has 246 valence electrons. The van der Waals surface area contributed by atoms with Crippen LogP contribution in [0.25, 0.3) is 0 Å². The molecule has 0 aliphatic rings. The Morgan fingerprint density at radius 3 is 2.20 bits per heavy atom. The molecule has 0 unspecified atom stereocenters. The summed E-state index contributed by atoms with van der Waals surface area (Å²) in [6, 6.07) is 12.5. The number of Topliss-reactive ketones (excluding diaryl/α,β-unsaturated/α-hetero) is 1. The van der Waals surface area contributed by atoms with Gasteiger partial charge in [-0.05, 0) is 42.0 Å². The number of ether oxygens (including phenoxy) is 1. The van der Waals surface area contributed by atoms with Gasteiger partial charge in [-0.15, -0.1) is 0 Å². The number of benzene rings is 2. The minimum Gasteiger partial charge on any atom is -0.486 e. The van der Waals surface area contributed by atoms with Gasteiger partial charge in [-0.1, -0.05) is 71.0 Å². The number of ketones is 1. The Labute approximate surface area is 269 Å². The molecule has 12 nitrogen and oxygen atoms in total. The summed E-state index contributed by atoms with van der Waals surface area (Å²) in [6.45, 7) is 10.6. The molecule has 0 aliphatic carbocycles. The molecule has 4 N–H and O–H groups in total. The van der Waals surface area contributed by atoms with Gasteiger partial charge >= 0.3 is 0 Å². The van der Waals surface area contributed by atoms with Crippen LogP contribution < -0.4 is 26.0 Å².